The average molecular weight is 460 g/mol. The number of thioether (sulfide) groups is 1. The third kappa shape index (κ3) is 4.70. The van der Waals surface area contributed by atoms with Crippen molar-refractivity contribution in [2.45, 2.75) is 69.4 Å². The zero-order chi connectivity index (χ0) is 22.1. The first-order valence-corrected chi connectivity index (χ1v) is 12.3. The quantitative estimate of drug-likeness (QED) is 0.375. The maximum absolute atomic E-state index is 13.5. The van der Waals surface area contributed by atoms with Gasteiger partial charge in [0.05, 0.1) is 5.39 Å². The van der Waals surface area contributed by atoms with Gasteiger partial charge in [0, 0.05) is 17.5 Å². The van der Waals surface area contributed by atoms with E-state index in [0.717, 1.165) is 36.1 Å². The highest BCUT2D eigenvalue weighted by molar-refractivity contribution is 8.00. The highest BCUT2D eigenvalue weighted by Crippen LogP contribution is 2.37. The van der Waals surface area contributed by atoms with Crippen LogP contribution in [0, 0.1) is 19.7 Å². The minimum Gasteiger partial charge on any atom is -0.352 e. The van der Waals surface area contributed by atoms with Gasteiger partial charge in [-0.25, -0.2) is 9.37 Å². The molecule has 4 rings (SSSR count). The fourth-order valence-electron chi connectivity index (χ4n) is 3.43. The molecule has 1 amide bonds. The minimum absolute atomic E-state index is 0.0525. The Morgan fingerprint density at radius 1 is 1.32 bits per heavy atom. The molecule has 2 heterocycles. The van der Waals surface area contributed by atoms with Crippen LogP contribution in [0.25, 0.3) is 10.2 Å². The van der Waals surface area contributed by atoms with E-state index < -0.39 is 5.25 Å². The summed E-state index contributed by atoms with van der Waals surface area (Å²) in [4.78, 5) is 33.1. The van der Waals surface area contributed by atoms with Gasteiger partial charge >= 0.3 is 0 Å². The van der Waals surface area contributed by atoms with Crippen LogP contribution in [0.5, 0.6) is 0 Å². The Morgan fingerprint density at radius 3 is 2.68 bits per heavy atom. The predicted octanol–water partition coefficient (Wildman–Crippen LogP) is 5.13. The van der Waals surface area contributed by atoms with E-state index in [1.807, 2.05) is 13.8 Å². The number of rotatable bonds is 8. The number of aryl methyl sites for hydroxylation is 2. The van der Waals surface area contributed by atoms with E-state index in [1.54, 1.807) is 16.7 Å². The first-order chi connectivity index (χ1) is 14.9. The predicted molar refractivity (Wildman–Crippen MR) is 124 cm³/mol. The van der Waals surface area contributed by atoms with Crippen molar-refractivity contribution in [2.75, 3.05) is 0 Å². The number of aromatic nitrogens is 2. The molecule has 5 nitrogen and oxygen atoms in total. The lowest BCUT2D eigenvalue weighted by Crippen LogP contribution is -2.31. The van der Waals surface area contributed by atoms with E-state index >= 15 is 0 Å². The van der Waals surface area contributed by atoms with Gasteiger partial charge in [-0.2, -0.15) is 0 Å². The number of fused-ring (bicyclic) bond motifs is 1. The number of carbonyl (C=O) groups is 1. The summed E-state index contributed by atoms with van der Waals surface area (Å²) in [5.41, 5.74) is 1.61. The first-order valence-electron chi connectivity index (χ1n) is 10.6. The smallest absolute Gasteiger partial charge is 0.263 e. The molecule has 1 aliphatic rings. The van der Waals surface area contributed by atoms with Crippen molar-refractivity contribution in [1.82, 2.24) is 14.9 Å². The summed E-state index contributed by atoms with van der Waals surface area (Å²) < 4.78 is 15.2. The normalized spacial score (nSPS) is 14.7. The summed E-state index contributed by atoms with van der Waals surface area (Å²) in [5.74, 6) is -0.479. The zero-order valence-corrected chi connectivity index (χ0v) is 19.5. The number of carbonyl (C=O) groups excluding carboxylic acids is 1. The maximum Gasteiger partial charge on any atom is 0.263 e. The van der Waals surface area contributed by atoms with Crippen LogP contribution in [0.3, 0.4) is 0 Å². The lowest BCUT2D eigenvalue weighted by Gasteiger charge is -2.19. The first kappa shape index (κ1) is 22.0. The van der Waals surface area contributed by atoms with E-state index in [4.69, 9.17) is 4.98 Å². The Bertz CT molecular complexity index is 1170. The molecule has 0 spiro atoms. The summed E-state index contributed by atoms with van der Waals surface area (Å²) in [7, 11) is 0. The third-order valence-electron chi connectivity index (χ3n) is 5.55. The molecule has 0 radical (unpaired) electrons. The van der Waals surface area contributed by atoms with Gasteiger partial charge in [-0.15, -0.1) is 11.3 Å². The lowest BCUT2D eigenvalue weighted by molar-refractivity contribution is -0.120. The van der Waals surface area contributed by atoms with Crippen molar-refractivity contribution in [2.24, 2.45) is 0 Å². The van der Waals surface area contributed by atoms with Crippen molar-refractivity contribution in [3.05, 3.63) is 56.4 Å². The van der Waals surface area contributed by atoms with Crippen molar-refractivity contribution >= 4 is 39.2 Å². The topological polar surface area (TPSA) is 64.0 Å². The number of thiophene rings is 1. The molecule has 1 fully saturated rings. The standard InChI is InChI=1S/C23H26FN3O2S2/c1-4-5-12-27-22(29)18-13(2)14(3)30-21(18)26-23(27)31-19(20(28)25-17-10-11-17)15-6-8-16(24)9-7-15/h6-9,17,19H,4-5,10-12H2,1-3H3,(H,25,28). The molecule has 1 saturated carbocycles. The number of unbranched alkanes of at least 4 members (excludes halogenated alkanes) is 1. The molecule has 164 valence electrons. The lowest BCUT2D eigenvalue weighted by atomic mass is 10.1. The summed E-state index contributed by atoms with van der Waals surface area (Å²) >= 11 is 2.78. The van der Waals surface area contributed by atoms with Gasteiger partial charge in [-0.05, 0) is 56.4 Å². The van der Waals surface area contributed by atoms with Crippen LogP contribution in [0.1, 0.15) is 53.9 Å². The van der Waals surface area contributed by atoms with Gasteiger partial charge in [-0.3, -0.25) is 14.2 Å². The van der Waals surface area contributed by atoms with Gasteiger partial charge in [0.1, 0.15) is 15.9 Å². The number of nitrogens with zero attached hydrogens (tertiary/aromatic N) is 2. The Balaban J connectivity index is 1.78. The molecule has 31 heavy (non-hydrogen) atoms. The monoisotopic (exact) mass is 459 g/mol. The number of hydrogen-bond acceptors (Lipinski definition) is 5. The largest absolute Gasteiger partial charge is 0.352 e. The molecule has 1 atom stereocenters. The van der Waals surface area contributed by atoms with Gasteiger partial charge < -0.3 is 5.32 Å². The molecule has 8 heteroatoms. The number of nitrogens with one attached hydrogen (secondary N) is 1. The Labute approximate surface area is 189 Å². The van der Waals surface area contributed by atoms with Crippen LogP contribution in [0.4, 0.5) is 4.39 Å². The van der Waals surface area contributed by atoms with Gasteiger partial charge in [0.2, 0.25) is 5.91 Å². The SMILES string of the molecule is CCCCn1c(SC(C(=O)NC2CC2)c2ccc(F)cc2)nc2sc(C)c(C)c2c1=O. The summed E-state index contributed by atoms with van der Waals surface area (Å²) in [6, 6.07) is 6.19. The molecule has 2 aromatic heterocycles. The highest BCUT2D eigenvalue weighted by Gasteiger charge is 2.30. The second-order valence-electron chi connectivity index (χ2n) is 8.00. The van der Waals surface area contributed by atoms with Crippen molar-refractivity contribution in [3.8, 4) is 0 Å². The molecule has 1 N–H and O–H groups in total. The summed E-state index contributed by atoms with van der Waals surface area (Å²) in [6.45, 7) is 6.58. The summed E-state index contributed by atoms with van der Waals surface area (Å²) in [6.07, 6.45) is 3.75. The van der Waals surface area contributed by atoms with E-state index in [2.05, 4.69) is 12.2 Å². The molecule has 1 unspecified atom stereocenters. The van der Waals surface area contributed by atoms with Gasteiger partial charge in [0.25, 0.3) is 5.56 Å². The van der Waals surface area contributed by atoms with Gasteiger partial charge in [0.15, 0.2) is 5.16 Å². The van der Waals surface area contributed by atoms with E-state index in [0.29, 0.717) is 27.5 Å². The zero-order valence-electron chi connectivity index (χ0n) is 17.9. The minimum atomic E-state index is -0.611. The van der Waals surface area contributed by atoms with Crippen LogP contribution in [-0.4, -0.2) is 21.5 Å². The van der Waals surface area contributed by atoms with Crippen molar-refractivity contribution < 1.29 is 9.18 Å². The molecule has 3 aromatic rings. The number of amides is 1. The fourth-order valence-corrected chi connectivity index (χ4v) is 5.63. The second-order valence-corrected chi connectivity index (χ2v) is 10.3. The molecule has 1 aromatic carbocycles. The Kier molecular flexibility index (Phi) is 6.48. The molecular weight excluding hydrogens is 433 g/mol. The number of halogens is 1. The maximum atomic E-state index is 13.5. The van der Waals surface area contributed by atoms with Crippen molar-refractivity contribution in [3.63, 3.8) is 0 Å². The van der Waals surface area contributed by atoms with E-state index in [-0.39, 0.29) is 23.3 Å². The molecule has 0 aliphatic heterocycles. The molecule has 0 saturated heterocycles. The summed E-state index contributed by atoms with van der Waals surface area (Å²) in [5, 5.41) is 3.64. The number of benzene rings is 1. The van der Waals surface area contributed by atoms with E-state index in [1.165, 1.54) is 35.2 Å². The van der Waals surface area contributed by atoms with Crippen LogP contribution in [0.2, 0.25) is 0 Å². The van der Waals surface area contributed by atoms with Crippen LogP contribution >= 0.6 is 23.1 Å². The highest BCUT2D eigenvalue weighted by atomic mass is 32.2. The van der Waals surface area contributed by atoms with Crippen molar-refractivity contribution in [1.29, 1.82) is 0 Å². The van der Waals surface area contributed by atoms with Crippen LogP contribution in [-0.2, 0) is 11.3 Å². The van der Waals surface area contributed by atoms with Crippen LogP contribution in [0.15, 0.2) is 34.2 Å². The van der Waals surface area contributed by atoms with Gasteiger partial charge in [-0.1, -0.05) is 37.2 Å². The molecular formula is C23H26FN3O2S2. The molecule has 1 aliphatic carbocycles. The fraction of sp³-hybridized carbons (Fsp3) is 0.435. The van der Waals surface area contributed by atoms with E-state index in [9.17, 15) is 14.0 Å². The second kappa shape index (κ2) is 9.12. The Morgan fingerprint density at radius 2 is 2.03 bits per heavy atom. The third-order valence-corrected chi connectivity index (χ3v) is 7.89. The Hall–Kier alpha value is -2.19. The number of hydrogen-bond donors (Lipinski definition) is 1. The molecule has 0 bridgehead atoms. The average Bonchev–Trinajstić information content (AvgIpc) is 3.50. The van der Waals surface area contributed by atoms with Crippen LogP contribution < -0.4 is 10.9 Å².